The van der Waals surface area contributed by atoms with Crippen molar-refractivity contribution in [3.63, 3.8) is 0 Å². The second-order valence-corrected chi connectivity index (χ2v) is 4.46. The number of hydrogen-bond donors (Lipinski definition) is 0. The zero-order valence-corrected chi connectivity index (χ0v) is 11.6. The molecule has 0 N–H and O–H groups in total. The van der Waals surface area contributed by atoms with Gasteiger partial charge in [0.2, 0.25) is 0 Å². The van der Waals surface area contributed by atoms with Crippen molar-refractivity contribution < 1.29 is 0 Å². The van der Waals surface area contributed by atoms with Crippen molar-refractivity contribution in [1.82, 2.24) is 9.97 Å². The van der Waals surface area contributed by atoms with Crippen LogP contribution in [0.25, 0.3) is 0 Å². The third-order valence-corrected chi connectivity index (χ3v) is 2.99. The summed E-state index contributed by atoms with van der Waals surface area (Å²) in [7, 11) is 0. The summed E-state index contributed by atoms with van der Waals surface area (Å²) in [6.45, 7) is 6.54. The number of anilines is 1. The third kappa shape index (κ3) is 4.90. The highest BCUT2D eigenvalue weighted by Crippen LogP contribution is 2.12. The van der Waals surface area contributed by atoms with Gasteiger partial charge in [0.25, 0.3) is 0 Å². The van der Waals surface area contributed by atoms with E-state index in [4.69, 9.17) is 11.6 Å². The Morgan fingerprint density at radius 1 is 1.06 bits per heavy atom. The van der Waals surface area contributed by atoms with Crippen molar-refractivity contribution in [1.29, 1.82) is 0 Å². The smallest absolute Gasteiger partial charge is 0.147 e. The van der Waals surface area contributed by atoms with Gasteiger partial charge in [0.05, 0.1) is 24.0 Å². The van der Waals surface area contributed by atoms with E-state index in [9.17, 15) is 0 Å². The fourth-order valence-corrected chi connectivity index (χ4v) is 1.76. The maximum absolute atomic E-state index is 5.71. The van der Waals surface area contributed by atoms with Crippen LogP contribution in [0.5, 0.6) is 0 Å². The molecule has 4 heteroatoms. The Hall–Kier alpha value is -0.830. The van der Waals surface area contributed by atoms with Crippen LogP contribution in [0.3, 0.4) is 0 Å². The molecule has 17 heavy (non-hydrogen) atoms. The van der Waals surface area contributed by atoms with Crippen LogP contribution in [-0.2, 0) is 5.88 Å². The molecule has 1 rings (SSSR count). The minimum atomic E-state index is 0.428. The highest BCUT2D eigenvalue weighted by Gasteiger charge is 2.07. The summed E-state index contributed by atoms with van der Waals surface area (Å²) in [5.74, 6) is 1.40. The normalized spacial score (nSPS) is 10.5. The average molecular weight is 256 g/mol. The molecule has 0 radical (unpaired) electrons. The monoisotopic (exact) mass is 255 g/mol. The number of nitrogens with zero attached hydrogens (tertiary/aromatic N) is 3. The molecule has 0 aliphatic heterocycles. The summed E-state index contributed by atoms with van der Waals surface area (Å²) in [6.07, 6.45) is 8.41. The first kappa shape index (κ1) is 14.2. The zero-order chi connectivity index (χ0) is 12.5. The number of halogens is 1. The molecule has 1 heterocycles. The molecule has 0 aromatic carbocycles. The van der Waals surface area contributed by atoms with E-state index in [1.807, 2.05) is 6.20 Å². The lowest BCUT2D eigenvalue weighted by atomic mass is 10.2. The standard InChI is InChI=1S/C13H22ClN3/c1-3-5-7-17(8-6-4-2)13-11-15-12(9-14)10-16-13/h10-11H,3-9H2,1-2H3. The van der Waals surface area contributed by atoms with Crippen LogP contribution in [0, 0.1) is 0 Å². The molecule has 0 spiro atoms. The van der Waals surface area contributed by atoms with Crippen LogP contribution >= 0.6 is 11.6 Å². The predicted molar refractivity (Wildman–Crippen MR) is 73.6 cm³/mol. The average Bonchev–Trinajstić information content (AvgIpc) is 2.39. The van der Waals surface area contributed by atoms with Gasteiger partial charge >= 0.3 is 0 Å². The molecule has 3 nitrogen and oxygen atoms in total. The summed E-state index contributed by atoms with van der Waals surface area (Å²) in [4.78, 5) is 11.1. The summed E-state index contributed by atoms with van der Waals surface area (Å²) < 4.78 is 0. The fraction of sp³-hybridized carbons (Fsp3) is 0.692. The fourth-order valence-electron chi connectivity index (χ4n) is 1.62. The summed E-state index contributed by atoms with van der Waals surface area (Å²) in [5.41, 5.74) is 0.835. The zero-order valence-electron chi connectivity index (χ0n) is 10.8. The van der Waals surface area contributed by atoms with Gasteiger partial charge in [0, 0.05) is 13.1 Å². The maximum atomic E-state index is 5.71. The minimum Gasteiger partial charge on any atom is -0.355 e. The molecule has 1 aromatic rings. The molecular formula is C13H22ClN3. The lowest BCUT2D eigenvalue weighted by Crippen LogP contribution is -2.26. The number of hydrogen-bond acceptors (Lipinski definition) is 3. The highest BCUT2D eigenvalue weighted by atomic mass is 35.5. The number of unbranched alkanes of at least 4 members (excludes halogenated alkanes) is 2. The van der Waals surface area contributed by atoms with E-state index >= 15 is 0 Å². The molecule has 0 atom stereocenters. The molecule has 0 bridgehead atoms. The number of rotatable bonds is 8. The summed E-state index contributed by atoms with van der Waals surface area (Å²) >= 11 is 5.71. The Labute approximate surface area is 109 Å². The summed E-state index contributed by atoms with van der Waals surface area (Å²) in [5, 5.41) is 0. The van der Waals surface area contributed by atoms with Crippen molar-refractivity contribution in [2.45, 2.75) is 45.4 Å². The van der Waals surface area contributed by atoms with Gasteiger partial charge in [-0.15, -0.1) is 11.6 Å². The van der Waals surface area contributed by atoms with Crippen LogP contribution in [0.1, 0.15) is 45.2 Å². The van der Waals surface area contributed by atoms with E-state index < -0.39 is 0 Å². The van der Waals surface area contributed by atoms with E-state index in [1.165, 1.54) is 25.7 Å². The Morgan fingerprint density at radius 3 is 2.12 bits per heavy atom. The number of aromatic nitrogens is 2. The van der Waals surface area contributed by atoms with Crippen LogP contribution < -0.4 is 4.90 Å². The summed E-state index contributed by atoms with van der Waals surface area (Å²) in [6, 6.07) is 0. The SMILES string of the molecule is CCCCN(CCCC)c1cnc(CCl)cn1. The van der Waals surface area contributed by atoms with Crippen molar-refractivity contribution in [3.8, 4) is 0 Å². The Bertz CT molecular complexity index is 292. The van der Waals surface area contributed by atoms with Crippen molar-refractivity contribution in [2.24, 2.45) is 0 Å². The Kier molecular flexibility index (Phi) is 6.94. The third-order valence-electron chi connectivity index (χ3n) is 2.72. The lowest BCUT2D eigenvalue weighted by Gasteiger charge is -2.23. The van der Waals surface area contributed by atoms with Gasteiger partial charge in [-0.25, -0.2) is 4.98 Å². The van der Waals surface area contributed by atoms with Gasteiger partial charge in [-0.1, -0.05) is 26.7 Å². The minimum absolute atomic E-state index is 0.428. The van der Waals surface area contributed by atoms with Crippen molar-refractivity contribution >= 4 is 17.4 Å². The Morgan fingerprint density at radius 2 is 1.71 bits per heavy atom. The molecule has 96 valence electrons. The van der Waals surface area contributed by atoms with E-state index in [2.05, 4.69) is 28.7 Å². The van der Waals surface area contributed by atoms with Crippen LogP contribution in [0.15, 0.2) is 12.4 Å². The largest absolute Gasteiger partial charge is 0.355 e. The van der Waals surface area contributed by atoms with Gasteiger partial charge in [0.1, 0.15) is 5.82 Å². The topological polar surface area (TPSA) is 29.0 Å². The molecule has 0 saturated carbocycles. The van der Waals surface area contributed by atoms with Gasteiger partial charge < -0.3 is 4.90 Å². The second kappa shape index (κ2) is 8.29. The van der Waals surface area contributed by atoms with E-state index in [-0.39, 0.29) is 0 Å². The number of alkyl halides is 1. The first-order chi connectivity index (χ1) is 8.31. The van der Waals surface area contributed by atoms with Crippen molar-refractivity contribution in [3.05, 3.63) is 18.1 Å². The van der Waals surface area contributed by atoms with Gasteiger partial charge in [-0.05, 0) is 12.8 Å². The first-order valence-electron chi connectivity index (χ1n) is 6.43. The second-order valence-electron chi connectivity index (χ2n) is 4.19. The van der Waals surface area contributed by atoms with Gasteiger partial charge in [-0.2, -0.15) is 0 Å². The quantitative estimate of drug-likeness (QED) is 0.665. The molecule has 1 aromatic heterocycles. The molecular weight excluding hydrogens is 234 g/mol. The van der Waals surface area contributed by atoms with Crippen molar-refractivity contribution in [2.75, 3.05) is 18.0 Å². The van der Waals surface area contributed by atoms with Crippen LogP contribution in [-0.4, -0.2) is 23.1 Å². The lowest BCUT2D eigenvalue weighted by molar-refractivity contribution is 0.669. The molecule has 0 fully saturated rings. The highest BCUT2D eigenvalue weighted by molar-refractivity contribution is 6.16. The maximum Gasteiger partial charge on any atom is 0.147 e. The van der Waals surface area contributed by atoms with Crippen LogP contribution in [0.2, 0.25) is 0 Å². The van der Waals surface area contributed by atoms with Gasteiger partial charge in [0.15, 0.2) is 0 Å². The van der Waals surface area contributed by atoms with Crippen LogP contribution in [0.4, 0.5) is 5.82 Å². The van der Waals surface area contributed by atoms with E-state index in [1.54, 1.807) is 6.20 Å². The Balaban J connectivity index is 2.65. The molecule has 0 aliphatic carbocycles. The molecule has 0 aliphatic rings. The molecule has 0 unspecified atom stereocenters. The van der Waals surface area contributed by atoms with E-state index in [0.29, 0.717) is 5.88 Å². The molecule has 0 amide bonds. The van der Waals surface area contributed by atoms with Gasteiger partial charge in [-0.3, -0.25) is 4.98 Å². The predicted octanol–water partition coefficient (Wildman–Crippen LogP) is 3.62. The van der Waals surface area contributed by atoms with E-state index in [0.717, 1.165) is 24.6 Å². The first-order valence-corrected chi connectivity index (χ1v) is 6.97. The molecule has 0 saturated heterocycles.